The van der Waals surface area contributed by atoms with Crippen LogP contribution in [0.5, 0.6) is 0 Å². The Hall–Kier alpha value is -4.06. The Morgan fingerprint density at radius 2 is 1.68 bits per heavy atom. The van der Waals surface area contributed by atoms with Crippen molar-refractivity contribution < 1.29 is 53.2 Å². The molecule has 0 saturated carbocycles. The Bertz CT molecular complexity index is 1610. The number of pyridine rings is 2. The van der Waals surface area contributed by atoms with E-state index in [0.29, 0.717) is 56.4 Å². The van der Waals surface area contributed by atoms with Gasteiger partial charge in [-0.3, -0.25) is 4.90 Å². The quantitative estimate of drug-likeness (QED) is 0.189. The van der Waals surface area contributed by atoms with Gasteiger partial charge in [-0.05, 0) is 37.1 Å². The Labute approximate surface area is 245 Å². The van der Waals surface area contributed by atoms with E-state index in [-0.39, 0.29) is 11.9 Å². The second kappa shape index (κ2) is 12.5. The normalized spacial score (nSPS) is 15.2. The number of likely N-dealkylation sites (tertiary alicyclic amines) is 1. The molecule has 1 aliphatic heterocycles. The van der Waals surface area contributed by atoms with Crippen molar-refractivity contribution in [2.45, 2.75) is 42.8 Å². The second-order valence-electron chi connectivity index (χ2n) is 9.67. The Morgan fingerprint density at radius 1 is 1.02 bits per heavy atom. The average molecular weight is 654 g/mol. The molecule has 2 aromatic heterocycles. The van der Waals surface area contributed by atoms with E-state index in [1.54, 1.807) is 18.2 Å². The minimum Gasteiger partial charge on any atom is -0.370 e. The summed E-state index contributed by atoms with van der Waals surface area (Å²) in [5, 5.41) is -1.46. The van der Waals surface area contributed by atoms with Crippen molar-refractivity contribution in [2.75, 3.05) is 29.5 Å². The van der Waals surface area contributed by atoms with E-state index in [2.05, 4.69) is 14.8 Å². The van der Waals surface area contributed by atoms with Crippen LogP contribution in [0.25, 0.3) is 0 Å². The third-order valence-corrected chi connectivity index (χ3v) is 8.22. The summed E-state index contributed by atoms with van der Waals surface area (Å²) < 4.78 is 135. The van der Waals surface area contributed by atoms with E-state index in [9.17, 15) is 48.3 Å². The third-order valence-electron chi connectivity index (χ3n) is 6.77. The number of carbonyl (C=O) groups excluding carboxylic acids is 1. The van der Waals surface area contributed by atoms with Crippen LogP contribution in [-0.4, -0.2) is 61.6 Å². The summed E-state index contributed by atoms with van der Waals surface area (Å²) in [4.78, 5) is 25.2. The van der Waals surface area contributed by atoms with Crippen LogP contribution in [0.3, 0.4) is 0 Å². The van der Waals surface area contributed by atoms with Gasteiger partial charge in [-0.1, -0.05) is 28.7 Å². The van der Waals surface area contributed by atoms with E-state index in [0.717, 1.165) is 6.07 Å². The number of piperidine rings is 1. The monoisotopic (exact) mass is 653 g/mol. The molecule has 1 saturated heterocycles. The van der Waals surface area contributed by atoms with Crippen molar-refractivity contribution in [3.8, 4) is 0 Å². The van der Waals surface area contributed by atoms with Crippen LogP contribution in [0.4, 0.5) is 46.6 Å². The fraction of sp³-hybridized carbons (Fsp3) is 0.346. The number of halogens is 8. The first kappa shape index (κ1) is 32.8. The Morgan fingerprint density at radius 3 is 2.27 bits per heavy atom. The lowest BCUT2D eigenvalue weighted by Gasteiger charge is -2.38. The lowest BCUT2D eigenvalue weighted by Crippen LogP contribution is -2.44. The van der Waals surface area contributed by atoms with Gasteiger partial charge in [0.15, 0.2) is 10.8 Å². The largest absolute Gasteiger partial charge is 0.493 e. The first-order chi connectivity index (χ1) is 20.5. The predicted molar refractivity (Wildman–Crippen MR) is 138 cm³/mol. The van der Waals surface area contributed by atoms with Gasteiger partial charge < -0.3 is 9.74 Å². The fourth-order valence-electron chi connectivity index (χ4n) is 4.54. The summed E-state index contributed by atoms with van der Waals surface area (Å²) in [5.74, 6) is -6.05. The van der Waals surface area contributed by atoms with Crippen LogP contribution in [0.1, 0.15) is 24.0 Å². The molecule has 0 aliphatic carbocycles. The number of alkyl halides is 6. The van der Waals surface area contributed by atoms with E-state index in [4.69, 9.17) is 0 Å². The van der Waals surface area contributed by atoms with Crippen LogP contribution >= 0.6 is 0 Å². The van der Waals surface area contributed by atoms with Crippen molar-refractivity contribution in [1.82, 2.24) is 14.9 Å². The number of anilines is 2. The van der Waals surface area contributed by atoms with Crippen molar-refractivity contribution >= 4 is 27.5 Å². The molecular formula is C26H23F8N5O4S. The molecule has 3 heterocycles. The lowest BCUT2D eigenvalue weighted by atomic mass is 10.0. The Kier molecular flexibility index (Phi) is 9.34. The Balaban J connectivity index is 1.63. The number of hydrogen-bond donors (Lipinski definition) is 0. The highest BCUT2D eigenvalue weighted by atomic mass is 32.2. The SMILES string of the molecule is CN(c1cnc(S(=O)(=O)N(OC(=O)C(F)(F)F)c2cccc(F)n2)cc1C(F)(F)F)C1CCN(Cc2ccccc2F)CC1. The number of benzene rings is 1. The molecule has 1 fully saturated rings. The number of rotatable bonds is 8. The average Bonchev–Trinajstić information content (AvgIpc) is 2.95. The molecule has 1 aliphatic rings. The van der Waals surface area contributed by atoms with E-state index in [1.165, 1.54) is 18.0 Å². The number of carbonyl (C=O) groups is 1. The number of sulfonamides is 1. The molecule has 9 nitrogen and oxygen atoms in total. The predicted octanol–water partition coefficient (Wildman–Crippen LogP) is 5.09. The number of hydrogen-bond acceptors (Lipinski definition) is 8. The summed E-state index contributed by atoms with van der Waals surface area (Å²) in [6.45, 7) is 1.11. The summed E-state index contributed by atoms with van der Waals surface area (Å²) in [6, 6.07) is 7.93. The smallest absolute Gasteiger partial charge is 0.370 e. The highest BCUT2D eigenvalue weighted by Crippen LogP contribution is 2.39. The van der Waals surface area contributed by atoms with Crippen LogP contribution in [0.15, 0.2) is 59.8 Å². The minimum atomic E-state index is -5.73. The van der Waals surface area contributed by atoms with E-state index < -0.39 is 66.9 Å². The molecular weight excluding hydrogens is 630 g/mol. The lowest BCUT2D eigenvalue weighted by molar-refractivity contribution is -0.199. The van der Waals surface area contributed by atoms with Gasteiger partial charge >= 0.3 is 28.3 Å². The van der Waals surface area contributed by atoms with Crippen molar-refractivity contribution in [3.05, 3.63) is 77.6 Å². The van der Waals surface area contributed by atoms with E-state index >= 15 is 0 Å². The van der Waals surface area contributed by atoms with Crippen LogP contribution < -0.4 is 9.37 Å². The zero-order chi connectivity index (χ0) is 32.4. The molecule has 0 bridgehead atoms. The van der Waals surface area contributed by atoms with Crippen molar-refractivity contribution in [3.63, 3.8) is 0 Å². The number of nitrogens with zero attached hydrogens (tertiary/aromatic N) is 5. The van der Waals surface area contributed by atoms with Gasteiger partial charge in [-0.15, -0.1) is 0 Å². The molecule has 0 unspecified atom stereocenters. The second-order valence-corrected chi connectivity index (χ2v) is 11.4. The first-order valence-corrected chi connectivity index (χ1v) is 14.2. The minimum absolute atomic E-state index is 0.0716. The molecule has 0 atom stereocenters. The maximum Gasteiger partial charge on any atom is 0.493 e. The molecule has 4 rings (SSSR count). The van der Waals surface area contributed by atoms with Crippen molar-refractivity contribution in [1.29, 1.82) is 0 Å². The first-order valence-electron chi connectivity index (χ1n) is 12.7. The van der Waals surface area contributed by atoms with Crippen LogP contribution in [0.2, 0.25) is 0 Å². The van der Waals surface area contributed by atoms with Crippen molar-refractivity contribution in [2.24, 2.45) is 0 Å². The van der Waals surface area contributed by atoms with Gasteiger partial charge in [0.2, 0.25) is 5.95 Å². The topological polar surface area (TPSA) is 95.9 Å². The zero-order valence-electron chi connectivity index (χ0n) is 22.6. The van der Waals surface area contributed by atoms with Crippen LogP contribution in [0, 0.1) is 11.8 Å². The fourth-order valence-corrected chi connectivity index (χ4v) is 5.67. The van der Waals surface area contributed by atoms with Gasteiger partial charge in [0.05, 0.1) is 17.4 Å². The maximum atomic E-state index is 14.2. The highest BCUT2D eigenvalue weighted by Gasteiger charge is 2.46. The zero-order valence-corrected chi connectivity index (χ0v) is 23.4. The molecule has 238 valence electrons. The van der Waals surface area contributed by atoms with Gasteiger partial charge in [-0.25, -0.2) is 14.2 Å². The summed E-state index contributed by atoms with van der Waals surface area (Å²) in [7, 11) is -4.28. The van der Waals surface area contributed by atoms with E-state index in [1.807, 2.05) is 4.90 Å². The molecule has 18 heteroatoms. The molecule has 0 amide bonds. The van der Waals surface area contributed by atoms with Gasteiger partial charge in [-0.2, -0.15) is 44.1 Å². The maximum absolute atomic E-state index is 14.2. The standard InChI is InChI=1S/C26H23F8N5O4S/c1-37(17-9-11-38(12-10-17)15-16-5-2-3-6-19(16)27)20-14-35-23(13-18(20)25(29,30)31)44(41,42)39(43-24(40)26(32,33)34)22-8-4-7-21(28)36-22/h2-8,13-14,17H,9-12,15H2,1H3. The molecule has 1 aromatic carbocycles. The summed E-state index contributed by atoms with van der Waals surface area (Å²) in [6.07, 6.45) is -9.62. The van der Waals surface area contributed by atoms with Gasteiger partial charge in [0.1, 0.15) is 5.82 Å². The number of aromatic nitrogens is 2. The van der Waals surface area contributed by atoms with Gasteiger partial charge in [0, 0.05) is 38.3 Å². The highest BCUT2D eigenvalue weighted by molar-refractivity contribution is 7.92. The molecule has 44 heavy (non-hydrogen) atoms. The summed E-state index contributed by atoms with van der Waals surface area (Å²) >= 11 is 0. The molecule has 3 aromatic rings. The molecule has 0 radical (unpaired) electrons. The van der Waals surface area contributed by atoms with Gasteiger partial charge in [0.25, 0.3) is 0 Å². The molecule has 0 N–H and O–H groups in total. The molecule has 0 spiro atoms. The third kappa shape index (κ3) is 7.35. The van der Waals surface area contributed by atoms with Crippen LogP contribution in [-0.2, 0) is 32.4 Å². The summed E-state index contributed by atoms with van der Waals surface area (Å²) in [5.41, 5.74) is -1.58.